The maximum Gasteiger partial charge on any atom is 0.280 e. The molecule has 1 aliphatic rings. The third-order valence-electron chi connectivity index (χ3n) is 2.94. The molecule has 0 amide bonds. The molecule has 5 nitrogen and oxygen atoms in total. The van der Waals surface area contributed by atoms with Gasteiger partial charge in [0.1, 0.15) is 0 Å². The Morgan fingerprint density at radius 2 is 2.11 bits per heavy atom. The van der Waals surface area contributed by atoms with Crippen molar-refractivity contribution in [2.75, 3.05) is 5.73 Å². The number of benzene rings is 1. The van der Waals surface area contributed by atoms with Crippen LogP contribution in [-0.2, 0) is 16.8 Å². The molecule has 0 saturated heterocycles. The van der Waals surface area contributed by atoms with Crippen LogP contribution in [0, 0.1) is 0 Å². The van der Waals surface area contributed by atoms with Crippen LogP contribution in [0.5, 0.6) is 0 Å². The zero-order chi connectivity index (χ0) is 14.0. The van der Waals surface area contributed by atoms with Gasteiger partial charge in [0.25, 0.3) is 10.2 Å². The van der Waals surface area contributed by atoms with Gasteiger partial charge in [-0.1, -0.05) is 12.1 Å². The summed E-state index contributed by atoms with van der Waals surface area (Å²) >= 11 is 0. The number of nitrogens with zero attached hydrogens (tertiary/aromatic N) is 1. The van der Waals surface area contributed by atoms with E-state index in [4.69, 9.17) is 5.73 Å². The molecule has 1 aromatic rings. The van der Waals surface area contributed by atoms with E-state index >= 15 is 0 Å². The third-order valence-corrected chi connectivity index (χ3v) is 4.75. The van der Waals surface area contributed by atoms with Crippen LogP contribution in [0.1, 0.15) is 32.3 Å². The first-order valence-electron chi connectivity index (χ1n) is 6.52. The largest absolute Gasteiger partial charge is 0.399 e. The molecule has 0 heterocycles. The lowest BCUT2D eigenvalue weighted by Gasteiger charge is -2.23. The summed E-state index contributed by atoms with van der Waals surface area (Å²) in [4.78, 5) is 0. The minimum Gasteiger partial charge on any atom is -0.399 e. The minimum absolute atomic E-state index is 0.105. The summed E-state index contributed by atoms with van der Waals surface area (Å²) in [6.45, 7) is 4.02. The molecule has 6 heteroatoms. The Labute approximate surface area is 115 Å². The molecule has 106 valence electrons. The van der Waals surface area contributed by atoms with Gasteiger partial charge in [0.2, 0.25) is 0 Å². The molecule has 1 fully saturated rings. The lowest BCUT2D eigenvalue weighted by Crippen LogP contribution is -2.44. The van der Waals surface area contributed by atoms with Crippen molar-refractivity contribution < 1.29 is 8.42 Å². The van der Waals surface area contributed by atoms with E-state index < -0.39 is 10.2 Å². The van der Waals surface area contributed by atoms with Gasteiger partial charge in [-0.3, -0.25) is 0 Å². The molecule has 3 N–H and O–H groups in total. The van der Waals surface area contributed by atoms with E-state index in [1.54, 1.807) is 10.4 Å². The highest BCUT2D eigenvalue weighted by Crippen LogP contribution is 2.30. The first-order valence-corrected chi connectivity index (χ1v) is 7.96. The highest BCUT2D eigenvalue weighted by molar-refractivity contribution is 7.87. The maximum absolute atomic E-state index is 12.3. The fraction of sp³-hybridized carbons (Fsp3) is 0.538. The number of nitrogen functional groups attached to an aromatic ring is 1. The first-order chi connectivity index (χ1) is 8.88. The molecule has 0 unspecified atom stereocenters. The van der Waals surface area contributed by atoms with Crippen molar-refractivity contribution in [2.45, 2.75) is 45.3 Å². The predicted molar refractivity (Wildman–Crippen MR) is 76.6 cm³/mol. The van der Waals surface area contributed by atoms with Gasteiger partial charge in [0.15, 0.2) is 0 Å². The summed E-state index contributed by atoms with van der Waals surface area (Å²) < 4.78 is 28.8. The normalized spacial score (nSPS) is 16.2. The van der Waals surface area contributed by atoms with Crippen molar-refractivity contribution >= 4 is 15.9 Å². The van der Waals surface area contributed by atoms with Crippen LogP contribution in [-0.4, -0.2) is 24.8 Å². The molecule has 0 bridgehead atoms. The van der Waals surface area contributed by atoms with Crippen molar-refractivity contribution in [1.29, 1.82) is 0 Å². The Bertz CT molecular complexity index is 539. The lowest BCUT2D eigenvalue weighted by atomic mass is 10.2. The fourth-order valence-corrected chi connectivity index (χ4v) is 3.66. The summed E-state index contributed by atoms with van der Waals surface area (Å²) in [5.41, 5.74) is 7.30. The van der Waals surface area contributed by atoms with Gasteiger partial charge >= 0.3 is 0 Å². The van der Waals surface area contributed by atoms with Crippen molar-refractivity contribution in [3.8, 4) is 0 Å². The molecule has 0 atom stereocenters. The van der Waals surface area contributed by atoms with Crippen molar-refractivity contribution in [3.63, 3.8) is 0 Å². The average molecular weight is 283 g/mol. The van der Waals surface area contributed by atoms with Gasteiger partial charge < -0.3 is 5.73 Å². The smallest absolute Gasteiger partial charge is 0.280 e. The highest BCUT2D eigenvalue weighted by Gasteiger charge is 2.37. The van der Waals surface area contributed by atoms with Crippen LogP contribution < -0.4 is 10.5 Å². The molecule has 1 aromatic carbocycles. The predicted octanol–water partition coefficient (Wildman–Crippen LogP) is 1.48. The molecule has 0 aromatic heterocycles. The zero-order valence-corrected chi connectivity index (χ0v) is 12.2. The average Bonchev–Trinajstić information content (AvgIpc) is 3.07. The van der Waals surface area contributed by atoms with Gasteiger partial charge in [-0.2, -0.15) is 17.4 Å². The summed E-state index contributed by atoms with van der Waals surface area (Å²) in [5.74, 6) is 0. The van der Waals surface area contributed by atoms with Crippen LogP contribution in [0.3, 0.4) is 0 Å². The molecule has 1 saturated carbocycles. The molecule has 0 radical (unpaired) electrons. The third kappa shape index (κ3) is 3.92. The molecule has 2 rings (SSSR count). The standard InChI is InChI=1S/C13H21N3O2S/c1-10(2)15-19(17,18)16(13-6-7-13)9-11-4-3-5-12(14)8-11/h3-5,8,10,13,15H,6-7,9,14H2,1-2H3. The van der Waals surface area contributed by atoms with E-state index in [1.807, 2.05) is 32.0 Å². The van der Waals surface area contributed by atoms with Gasteiger partial charge in [-0.25, -0.2) is 0 Å². The van der Waals surface area contributed by atoms with Crippen LogP contribution in [0.4, 0.5) is 5.69 Å². The Hall–Kier alpha value is -1.11. The molecular weight excluding hydrogens is 262 g/mol. The second-order valence-electron chi connectivity index (χ2n) is 5.30. The summed E-state index contributed by atoms with van der Waals surface area (Å²) in [6.07, 6.45) is 1.86. The molecule has 19 heavy (non-hydrogen) atoms. The van der Waals surface area contributed by atoms with E-state index in [1.165, 1.54) is 0 Å². The lowest BCUT2D eigenvalue weighted by molar-refractivity contribution is 0.387. The fourth-order valence-electron chi connectivity index (χ4n) is 2.01. The van der Waals surface area contributed by atoms with Crippen molar-refractivity contribution in [2.24, 2.45) is 0 Å². The van der Waals surface area contributed by atoms with Crippen LogP contribution in [0.25, 0.3) is 0 Å². The Balaban J connectivity index is 2.17. The van der Waals surface area contributed by atoms with Crippen LogP contribution in [0.2, 0.25) is 0 Å². The summed E-state index contributed by atoms with van der Waals surface area (Å²) in [5, 5.41) is 0. The molecular formula is C13H21N3O2S. The Morgan fingerprint density at radius 3 is 2.63 bits per heavy atom. The van der Waals surface area contributed by atoms with Crippen molar-refractivity contribution in [1.82, 2.24) is 9.03 Å². The highest BCUT2D eigenvalue weighted by atomic mass is 32.2. The zero-order valence-electron chi connectivity index (χ0n) is 11.3. The van der Waals surface area contributed by atoms with E-state index in [-0.39, 0.29) is 12.1 Å². The molecule has 0 aliphatic heterocycles. The van der Waals surface area contributed by atoms with E-state index in [0.29, 0.717) is 12.2 Å². The number of nitrogens with one attached hydrogen (secondary N) is 1. The van der Waals surface area contributed by atoms with Gasteiger partial charge in [0.05, 0.1) is 0 Å². The van der Waals surface area contributed by atoms with E-state index in [2.05, 4.69) is 4.72 Å². The van der Waals surface area contributed by atoms with Crippen molar-refractivity contribution in [3.05, 3.63) is 29.8 Å². The molecule has 1 aliphatic carbocycles. The van der Waals surface area contributed by atoms with E-state index in [0.717, 1.165) is 18.4 Å². The van der Waals surface area contributed by atoms with Gasteiger partial charge in [0, 0.05) is 24.3 Å². The number of hydrogen-bond acceptors (Lipinski definition) is 3. The van der Waals surface area contributed by atoms with Crippen LogP contribution in [0.15, 0.2) is 24.3 Å². The SMILES string of the molecule is CC(C)NS(=O)(=O)N(Cc1cccc(N)c1)C1CC1. The topological polar surface area (TPSA) is 75.4 Å². The molecule has 0 spiro atoms. The van der Waals surface area contributed by atoms with E-state index in [9.17, 15) is 8.42 Å². The van der Waals surface area contributed by atoms with Crippen LogP contribution >= 0.6 is 0 Å². The Kier molecular flexibility index (Phi) is 4.13. The number of hydrogen-bond donors (Lipinski definition) is 2. The first kappa shape index (κ1) is 14.3. The van der Waals surface area contributed by atoms with Gasteiger partial charge in [-0.05, 0) is 44.4 Å². The number of rotatable bonds is 6. The Morgan fingerprint density at radius 1 is 1.42 bits per heavy atom. The second kappa shape index (κ2) is 5.48. The summed E-state index contributed by atoms with van der Waals surface area (Å²) in [7, 11) is -3.43. The maximum atomic E-state index is 12.3. The quantitative estimate of drug-likeness (QED) is 0.776. The monoisotopic (exact) mass is 283 g/mol. The van der Waals surface area contributed by atoms with Gasteiger partial charge in [-0.15, -0.1) is 0 Å². The number of nitrogens with two attached hydrogens (primary N) is 1. The minimum atomic E-state index is -3.43. The number of anilines is 1. The summed E-state index contributed by atoms with van der Waals surface area (Å²) in [6, 6.07) is 7.38. The second-order valence-corrected chi connectivity index (χ2v) is 6.95.